The van der Waals surface area contributed by atoms with Gasteiger partial charge in [-0.1, -0.05) is 41.9 Å². The number of benzene rings is 4. The molecule has 36 heavy (non-hydrogen) atoms. The molecule has 4 aromatic rings. The van der Waals surface area contributed by atoms with E-state index in [0.717, 1.165) is 0 Å². The van der Waals surface area contributed by atoms with E-state index in [1.165, 1.54) is 17.0 Å². The third-order valence-electron chi connectivity index (χ3n) is 5.22. The van der Waals surface area contributed by atoms with Gasteiger partial charge in [0.15, 0.2) is 0 Å². The number of ether oxygens (including phenoxy) is 1. The van der Waals surface area contributed by atoms with Gasteiger partial charge in [-0.3, -0.25) is 9.69 Å². The molecule has 182 valence electrons. The van der Waals surface area contributed by atoms with E-state index in [-0.39, 0.29) is 24.7 Å². The minimum atomic E-state index is -0.548. The van der Waals surface area contributed by atoms with Gasteiger partial charge in [0, 0.05) is 29.4 Å². The zero-order valence-corrected chi connectivity index (χ0v) is 19.9. The standard InChI is InChI=1S/C28H23ClFN3O3/c29-21-12-10-20(11-13-21)27(34)31-18-19-33(28(35)32-26-9-5-4-8-25(26)30)22-14-16-24(17-15-22)36-23-6-2-1-3-7-23/h1-17H,18-19H2,(H,31,34)(H,32,35). The van der Waals surface area contributed by atoms with Crippen molar-refractivity contribution in [3.63, 3.8) is 0 Å². The fourth-order valence-corrected chi connectivity index (χ4v) is 3.52. The average molecular weight is 504 g/mol. The van der Waals surface area contributed by atoms with Crippen LogP contribution < -0.4 is 20.3 Å². The molecular formula is C28H23ClFN3O3. The number of hydrogen-bond donors (Lipinski definition) is 2. The molecule has 0 heterocycles. The Labute approximate surface area is 213 Å². The first-order valence-corrected chi connectivity index (χ1v) is 11.6. The van der Waals surface area contributed by atoms with Crippen molar-refractivity contribution in [2.24, 2.45) is 0 Å². The van der Waals surface area contributed by atoms with Crippen LogP contribution in [0.1, 0.15) is 10.4 Å². The van der Waals surface area contributed by atoms with E-state index in [2.05, 4.69) is 10.6 Å². The fourth-order valence-electron chi connectivity index (χ4n) is 3.40. The lowest BCUT2D eigenvalue weighted by molar-refractivity contribution is 0.0954. The molecule has 2 N–H and O–H groups in total. The van der Waals surface area contributed by atoms with Crippen molar-refractivity contribution >= 4 is 34.9 Å². The maximum absolute atomic E-state index is 14.1. The molecule has 0 saturated carbocycles. The maximum Gasteiger partial charge on any atom is 0.326 e. The SMILES string of the molecule is O=C(NCCN(C(=O)Nc1ccccc1F)c1ccc(Oc2ccccc2)cc1)c1ccc(Cl)cc1. The van der Waals surface area contributed by atoms with Crippen molar-refractivity contribution in [2.45, 2.75) is 0 Å². The Morgan fingerprint density at radius 2 is 1.44 bits per heavy atom. The highest BCUT2D eigenvalue weighted by molar-refractivity contribution is 6.30. The number of halogens is 2. The van der Waals surface area contributed by atoms with Gasteiger partial charge in [-0.15, -0.1) is 0 Å². The topological polar surface area (TPSA) is 70.7 Å². The Balaban J connectivity index is 1.47. The predicted molar refractivity (Wildman–Crippen MR) is 140 cm³/mol. The van der Waals surface area contributed by atoms with E-state index in [1.54, 1.807) is 60.7 Å². The molecule has 0 bridgehead atoms. The van der Waals surface area contributed by atoms with E-state index in [1.807, 2.05) is 30.3 Å². The molecule has 0 fully saturated rings. The van der Waals surface area contributed by atoms with Crippen molar-refractivity contribution < 1.29 is 18.7 Å². The number of hydrogen-bond acceptors (Lipinski definition) is 3. The van der Waals surface area contributed by atoms with E-state index < -0.39 is 11.8 Å². The lowest BCUT2D eigenvalue weighted by Gasteiger charge is -2.24. The Kier molecular flexibility index (Phi) is 8.16. The lowest BCUT2D eigenvalue weighted by Crippen LogP contribution is -2.41. The summed E-state index contributed by atoms with van der Waals surface area (Å²) in [6.45, 7) is 0.299. The van der Waals surface area contributed by atoms with Crippen LogP contribution in [0.5, 0.6) is 11.5 Å². The maximum atomic E-state index is 14.1. The van der Waals surface area contributed by atoms with Gasteiger partial charge in [-0.05, 0) is 72.8 Å². The Morgan fingerprint density at radius 3 is 2.14 bits per heavy atom. The molecule has 0 aromatic heterocycles. The zero-order chi connectivity index (χ0) is 25.3. The number of urea groups is 1. The second-order valence-electron chi connectivity index (χ2n) is 7.73. The van der Waals surface area contributed by atoms with Gasteiger partial charge in [0.05, 0.1) is 5.69 Å². The summed E-state index contributed by atoms with van der Waals surface area (Å²) in [6.07, 6.45) is 0. The summed E-state index contributed by atoms with van der Waals surface area (Å²) in [5, 5.41) is 5.91. The zero-order valence-electron chi connectivity index (χ0n) is 19.2. The highest BCUT2D eigenvalue weighted by atomic mass is 35.5. The van der Waals surface area contributed by atoms with Crippen molar-refractivity contribution in [1.29, 1.82) is 0 Å². The number of nitrogens with one attached hydrogen (secondary N) is 2. The van der Waals surface area contributed by atoms with Gasteiger partial charge < -0.3 is 15.4 Å². The monoisotopic (exact) mass is 503 g/mol. The molecule has 8 heteroatoms. The van der Waals surface area contributed by atoms with Gasteiger partial charge in [0.25, 0.3) is 5.91 Å². The number of para-hydroxylation sites is 2. The third-order valence-corrected chi connectivity index (χ3v) is 5.47. The van der Waals surface area contributed by atoms with Gasteiger partial charge in [0.2, 0.25) is 0 Å². The van der Waals surface area contributed by atoms with Crippen LogP contribution in [0.25, 0.3) is 0 Å². The Morgan fingerprint density at radius 1 is 0.806 bits per heavy atom. The first kappa shape index (κ1) is 24.8. The molecule has 4 rings (SSSR count). The summed E-state index contributed by atoms with van der Waals surface area (Å²) in [7, 11) is 0. The Hall–Kier alpha value is -4.36. The predicted octanol–water partition coefficient (Wildman–Crippen LogP) is 6.74. The van der Waals surface area contributed by atoms with Crippen molar-refractivity contribution in [3.05, 3.63) is 120 Å². The number of amides is 3. The largest absolute Gasteiger partial charge is 0.457 e. The summed E-state index contributed by atoms with van der Waals surface area (Å²) in [4.78, 5) is 27.0. The quantitative estimate of drug-likeness (QED) is 0.280. The van der Waals surface area contributed by atoms with Crippen LogP contribution in [-0.4, -0.2) is 25.0 Å². The van der Waals surface area contributed by atoms with Crippen molar-refractivity contribution in [3.8, 4) is 11.5 Å². The van der Waals surface area contributed by atoms with Crippen LogP contribution in [0.3, 0.4) is 0 Å². The summed E-state index contributed by atoms with van der Waals surface area (Å²) in [5.74, 6) is 0.431. The van der Waals surface area contributed by atoms with Crippen LogP contribution in [-0.2, 0) is 0 Å². The van der Waals surface area contributed by atoms with Crippen LogP contribution in [0.4, 0.5) is 20.6 Å². The molecule has 0 atom stereocenters. The van der Waals surface area contributed by atoms with Crippen molar-refractivity contribution in [2.75, 3.05) is 23.3 Å². The smallest absolute Gasteiger partial charge is 0.326 e. The van der Waals surface area contributed by atoms with Crippen LogP contribution in [0.15, 0.2) is 103 Å². The number of anilines is 2. The first-order valence-electron chi connectivity index (χ1n) is 11.2. The van der Waals surface area contributed by atoms with Gasteiger partial charge >= 0.3 is 6.03 Å². The molecule has 0 aliphatic rings. The minimum absolute atomic E-state index is 0.0572. The number of rotatable bonds is 8. The van der Waals surface area contributed by atoms with Crippen LogP contribution in [0.2, 0.25) is 5.02 Å². The number of nitrogens with zero attached hydrogens (tertiary/aromatic N) is 1. The van der Waals surface area contributed by atoms with Crippen molar-refractivity contribution in [1.82, 2.24) is 5.32 Å². The lowest BCUT2D eigenvalue weighted by atomic mass is 10.2. The summed E-state index contributed by atoms with van der Waals surface area (Å²) < 4.78 is 20.0. The molecule has 3 amide bonds. The highest BCUT2D eigenvalue weighted by Gasteiger charge is 2.18. The molecule has 0 aliphatic carbocycles. The van der Waals surface area contributed by atoms with E-state index in [9.17, 15) is 14.0 Å². The Bertz CT molecular complexity index is 1320. The van der Waals surface area contributed by atoms with E-state index in [0.29, 0.717) is 27.8 Å². The third kappa shape index (κ3) is 6.61. The summed E-state index contributed by atoms with van der Waals surface area (Å²) >= 11 is 5.88. The van der Waals surface area contributed by atoms with E-state index >= 15 is 0 Å². The van der Waals surface area contributed by atoms with Crippen LogP contribution >= 0.6 is 11.6 Å². The second-order valence-corrected chi connectivity index (χ2v) is 8.17. The normalized spacial score (nSPS) is 10.4. The van der Waals surface area contributed by atoms with E-state index in [4.69, 9.17) is 16.3 Å². The second kappa shape index (κ2) is 11.9. The van der Waals surface area contributed by atoms with Gasteiger partial charge in [-0.25, -0.2) is 9.18 Å². The molecule has 0 unspecified atom stereocenters. The fraction of sp³-hybridized carbons (Fsp3) is 0.0714. The molecule has 0 aliphatic heterocycles. The number of carbonyl (C=O) groups excluding carboxylic acids is 2. The van der Waals surface area contributed by atoms with Crippen LogP contribution in [0, 0.1) is 5.82 Å². The molecule has 0 radical (unpaired) electrons. The minimum Gasteiger partial charge on any atom is -0.457 e. The highest BCUT2D eigenvalue weighted by Crippen LogP contribution is 2.25. The first-order chi connectivity index (χ1) is 17.5. The van der Waals surface area contributed by atoms with Gasteiger partial charge in [0.1, 0.15) is 17.3 Å². The molecule has 6 nitrogen and oxygen atoms in total. The summed E-state index contributed by atoms with van der Waals surface area (Å²) in [5.41, 5.74) is 1.05. The molecule has 0 saturated heterocycles. The average Bonchev–Trinajstić information content (AvgIpc) is 2.89. The number of carbonyl (C=O) groups is 2. The van der Waals surface area contributed by atoms with Gasteiger partial charge in [-0.2, -0.15) is 0 Å². The molecular weight excluding hydrogens is 481 g/mol. The molecule has 4 aromatic carbocycles. The summed E-state index contributed by atoms with van der Waals surface area (Å²) in [6, 6.07) is 28.1. The molecule has 0 spiro atoms.